The van der Waals surface area contributed by atoms with E-state index in [1.165, 1.54) is 17.4 Å². The van der Waals surface area contributed by atoms with Crippen LogP contribution in [0.25, 0.3) is 0 Å². The highest BCUT2D eigenvalue weighted by molar-refractivity contribution is 7.12. The third-order valence-electron chi connectivity index (χ3n) is 5.26. The summed E-state index contributed by atoms with van der Waals surface area (Å²) < 4.78 is 19.7. The Kier molecular flexibility index (Phi) is 6.62. The Balaban J connectivity index is 1.81. The Hall–Kier alpha value is -2.05. The molecule has 0 amide bonds. The second-order valence-electron chi connectivity index (χ2n) is 7.46. The van der Waals surface area contributed by atoms with Crippen LogP contribution >= 0.6 is 11.3 Å². The summed E-state index contributed by atoms with van der Waals surface area (Å²) in [6.07, 6.45) is 1.85. The van der Waals surface area contributed by atoms with Crippen LogP contribution in [-0.2, 0) is 22.5 Å². The van der Waals surface area contributed by atoms with E-state index in [1.807, 2.05) is 11.4 Å². The first-order valence-corrected chi connectivity index (χ1v) is 10.5. The van der Waals surface area contributed by atoms with Gasteiger partial charge in [-0.1, -0.05) is 18.2 Å². The zero-order chi connectivity index (χ0) is 20.1. The molecule has 1 aromatic carbocycles. The molecule has 1 fully saturated rings. The summed E-state index contributed by atoms with van der Waals surface area (Å²) in [5.41, 5.74) is 0.864. The predicted molar refractivity (Wildman–Crippen MR) is 108 cm³/mol. The van der Waals surface area contributed by atoms with Crippen molar-refractivity contribution in [1.29, 1.82) is 0 Å². The van der Waals surface area contributed by atoms with Crippen molar-refractivity contribution in [2.75, 3.05) is 19.7 Å². The van der Waals surface area contributed by atoms with Gasteiger partial charge in [-0.05, 0) is 68.3 Å². The summed E-state index contributed by atoms with van der Waals surface area (Å²) in [7, 11) is 0. The molecule has 0 unspecified atom stereocenters. The number of esters is 1. The maximum Gasteiger partial charge on any atom is 0.313 e. The smallest absolute Gasteiger partial charge is 0.313 e. The lowest BCUT2D eigenvalue weighted by Gasteiger charge is -2.41. The van der Waals surface area contributed by atoms with Gasteiger partial charge in [0.2, 0.25) is 0 Å². The van der Waals surface area contributed by atoms with Crippen LogP contribution in [0.3, 0.4) is 0 Å². The molecule has 1 saturated heterocycles. The molecule has 1 aliphatic heterocycles. The first kappa shape index (κ1) is 20.7. The maximum atomic E-state index is 14.3. The Labute approximate surface area is 169 Å². The molecule has 0 aliphatic carbocycles. The quantitative estimate of drug-likeness (QED) is 0.505. The third kappa shape index (κ3) is 4.67. The summed E-state index contributed by atoms with van der Waals surface area (Å²) in [4.78, 5) is 27.4. The maximum absolute atomic E-state index is 14.3. The highest BCUT2D eigenvalue weighted by atomic mass is 32.1. The molecule has 4 nitrogen and oxygen atoms in total. The fourth-order valence-corrected chi connectivity index (χ4v) is 4.74. The minimum absolute atomic E-state index is 0.0651. The Morgan fingerprint density at radius 1 is 1.32 bits per heavy atom. The molecule has 1 aromatic heterocycles. The van der Waals surface area contributed by atoms with Crippen molar-refractivity contribution < 1.29 is 18.7 Å². The molecule has 3 rings (SSSR count). The predicted octanol–water partition coefficient (Wildman–Crippen LogP) is 4.48. The number of Topliss-reactive ketones (excluding diaryl/α,β-unsaturated/α-hetero) is 1. The number of carbonyl (C=O) groups excluding carboxylic acids is 2. The topological polar surface area (TPSA) is 46.6 Å². The lowest BCUT2D eigenvalue weighted by molar-refractivity contribution is -0.159. The van der Waals surface area contributed by atoms with Crippen molar-refractivity contribution in [3.05, 3.63) is 57.5 Å². The Morgan fingerprint density at radius 3 is 2.79 bits per heavy atom. The molecule has 28 heavy (non-hydrogen) atoms. The van der Waals surface area contributed by atoms with Crippen molar-refractivity contribution in [3.8, 4) is 0 Å². The van der Waals surface area contributed by atoms with E-state index in [-0.39, 0.29) is 17.6 Å². The molecular formula is C22H26FNO3S. The first-order valence-electron chi connectivity index (χ1n) is 9.65. The highest BCUT2D eigenvalue weighted by Crippen LogP contribution is 2.36. The zero-order valence-electron chi connectivity index (χ0n) is 16.4. The van der Waals surface area contributed by atoms with E-state index in [0.717, 1.165) is 23.4 Å². The normalized spacial score (nSPS) is 20.1. The largest absolute Gasteiger partial charge is 0.466 e. The summed E-state index contributed by atoms with van der Waals surface area (Å²) >= 11 is 1.45. The number of ether oxygens (including phenoxy) is 1. The van der Waals surface area contributed by atoms with Gasteiger partial charge >= 0.3 is 5.97 Å². The van der Waals surface area contributed by atoms with E-state index in [4.69, 9.17) is 4.74 Å². The second-order valence-corrected chi connectivity index (χ2v) is 8.37. The van der Waals surface area contributed by atoms with Gasteiger partial charge in [0.25, 0.3) is 0 Å². The van der Waals surface area contributed by atoms with Gasteiger partial charge in [0.05, 0.1) is 16.9 Å². The number of carbonyl (C=O) groups is 2. The van der Waals surface area contributed by atoms with Gasteiger partial charge < -0.3 is 4.74 Å². The molecule has 0 N–H and O–H groups in total. The van der Waals surface area contributed by atoms with E-state index < -0.39 is 5.41 Å². The Morgan fingerprint density at radius 2 is 2.11 bits per heavy atom. The van der Waals surface area contributed by atoms with Crippen LogP contribution in [0.2, 0.25) is 0 Å². The number of hydrogen-bond acceptors (Lipinski definition) is 5. The standard InChI is InChI=1S/C22H26FNO3S/c1-3-27-21(26)22(12-18-7-4-5-8-19(18)23)9-6-10-24(15-22)13-17-11-20(16(2)25)28-14-17/h4-5,7-8,11,14H,3,6,9-10,12-13,15H2,1-2H3/t22-/m1/s1. The average Bonchev–Trinajstić information content (AvgIpc) is 3.13. The molecular weight excluding hydrogens is 377 g/mol. The lowest BCUT2D eigenvalue weighted by Crippen LogP contribution is -2.49. The van der Waals surface area contributed by atoms with Gasteiger partial charge in [0.15, 0.2) is 5.78 Å². The monoisotopic (exact) mass is 403 g/mol. The van der Waals surface area contributed by atoms with Gasteiger partial charge in [0, 0.05) is 13.1 Å². The number of ketones is 1. The fourth-order valence-electron chi connectivity index (χ4n) is 3.94. The van der Waals surface area contributed by atoms with E-state index in [0.29, 0.717) is 38.1 Å². The lowest BCUT2D eigenvalue weighted by atomic mass is 9.75. The van der Waals surface area contributed by atoms with Gasteiger partial charge in [0.1, 0.15) is 5.82 Å². The molecule has 6 heteroatoms. The summed E-state index contributed by atoms with van der Waals surface area (Å²) in [5.74, 6) is -0.472. The van der Waals surface area contributed by atoms with Crippen LogP contribution in [0.1, 0.15) is 47.5 Å². The summed E-state index contributed by atoms with van der Waals surface area (Å²) in [6, 6.07) is 8.56. The van der Waals surface area contributed by atoms with Crippen LogP contribution < -0.4 is 0 Å². The molecule has 150 valence electrons. The molecule has 0 bridgehead atoms. The Bertz CT molecular complexity index is 850. The van der Waals surface area contributed by atoms with Crippen LogP contribution in [0.5, 0.6) is 0 Å². The van der Waals surface area contributed by atoms with Crippen molar-refractivity contribution >= 4 is 23.1 Å². The number of hydrogen-bond donors (Lipinski definition) is 0. The SMILES string of the molecule is CCOC(=O)[C@@]1(Cc2ccccc2F)CCCN(Cc2csc(C(C)=O)c2)C1. The number of nitrogens with zero attached hydrogens (tertiary/aromatic N) is 1. The van der Waals surface area contributed by atoms with Gasteiger partial charge in [-0.15, -0.1) is 11.3 Å². The van der Waals surface area contributed by atoms with Crippen molar-refractivity contribution in [2.24, 2.45) is 5.41 Å². The van der Waals surface area contributed by atoms with E-state index in [1.54, 1.807) is 32.0 Å². The number of thiophene rings is 1. The number of benzene rings is 1. The molecule has 2 aromatic rings. The van der Waals surface area contributed by atoms with E-state index in [2.05, 4.69) is 4.90 Å². The number of piperidine rings is 1. The van der Waals surface area contributed by atoms with Crippen LogP contribution in [0.15, 0.2) is 35.7 Å². The minimum atomic E-state index is -0.754. The van der Waals surface area contributed by atoms with Crippen LogP contribution in [-0.4, -0.2) is 36.3 Å². The van der Waals surface area contributed by atoms with Crippen LogP contribution in [0, 0.1) is 11.2 Å². The molecule has 0 saturated carbocycles. The highest BCUT2D eigenvalue weighted by Gasteiger charge is 2.44. The summed E-state index contributed by atoms with van der Waals surface area (Å²) in [5, 5.41) is 1.99. The minimum Gasteiger partial charge on any atom is -0.466 e. The summed E-state index contributed by atoms with van der Waals surface area (Å²) in [6.45, 7) is 5.72. The number of halogens is 1. The number of likely N-dealkylation sites (tertiary alicyclic amines) is 1. The molecule has 1 aliphatic rings. The van der Waals surface area contributed by atoms with Crippen molar-refractivity contribution in [3.63, 3.8) is 0 Å². The average molecular weight is 404 g/mol. The molecule has 0 spiro atoms. The van der Waals surface area contributed by atoms with Crippen LogP contribution in [0.4, 0.5) is 4.39 Å². The van der Waals surface area contributed by atoms with Gasteiger partial charge in [-0.3, -0.25) is 14.5 Å². The third-order valence-corrected chi connectivity index (χ3v) is 6.34. The number of rotatable bonds is 7. The van der Waals surface area contributed by atoms with Crippen molar-refractivity contribution in [1.82, 2.24) is 4.90 Å². The van der Waals surface area contributed by atoms with E-state index >= 15 is 0 Å². The fraction of sp³-hybridized carbons (Fsp3) is 0.455. The molecule has 2 heterocycles. The molecule has 0 radical (unpaired) electrons. The first-order chi connectivity index (χ1) is 13.4. The van der Waals surface area contributed by atoms with Crippen molar-refractivity contribution in [2.45, 2.75) is 39.7 Å². The second kappa shape index (κ2) is 8.97. The van der Waals surface area contributed by atoms with Gasteiger partial charge in [-0.2, -0.15) is 0 Å². The van der Waals surface area contributed by atoms with E-state index in [9.17, 15) is 14.0 Å². The molecule has 1 atom stereocenters. The zero-order valence-corrected chi connectivity index (χ0v) is 17.2. The van der Waals surface area contributed by atoms with Gasteiger partial charge in [-0.25, -0.2) is 4.39 Å².